The van der Waals surface area contributed by atoms with Gasteiger partial charge in [-0.05, 0) is 61.9 Å². The lowest BCUT2D eigenvalue weighted by Crippen LogP contribution is -2.59. The Kier molecular flexibility index (Phi) is 5.82. The number of nitrogens with zero attached hydrogens (tertiary/aromatic N) is 2. The molecule has 2 heterocycles. The number of likely N-dealkylation sites (tertiary alicyclic amines) is 1. The van der Waals surface area contributed by atoms with Crippen molar-refractivity contribution in [3.63, 3.8) is 0 Å². The summed E-state index contributed by atoms with van der Waals surface area (Å²) in [6.45, 7) is 10.1. The van der Waals surface area contributed by atoms with Crippen molar-refractivity contribution in [2.45, 2.75) is 45.9 Å². The van der Waals surface area contributed by atoms with Gasteiger partial charge in [0.2, 0.25) is 0 Å². The van der Waals surface area contributed by atoms with E-state index in [1.165, 1.54) is 5.56 Å². The van der Waals surface area contributed by atoms with Gasteiger partial charge < -0.3 is 14.6 Å². The molecule has 1 aromatic heterocycles. The Morgan fingerprint density at radius 2 is 1.81 bits per heavy atom. The third-order valence-electron chi connectivity index (χ3n) is 5.94. The van der Waals surface area contributed by atoms with E-state index in [-0.39, 0.29) is 17.7 Å². The van der Waals surface area contributed by atoms with Gasteiger partial charge >= 0.3 is 6.09 Å². The van der Waals surface area contributed by atoms with Crippen molar-refractivity contribution in [3.8, 4) is 11.3 Å². The molecule has 1 fully saturated rings. The first-order valence-electron chi connectivity index (χ1n) is 11.0. The molecular weight excluding hydrogens is 402 g/mol. The van der Waals surface area contributed by atoms with E-state index < -0.39 is 5.60 Å². The summed E-state index contributed by atoms with van der Waals surface area (Å²) in [5, 5.41) is 1.70. The van der Waals surface area contributed by atoms with Crippen LogP contribution in [0.25, 0.3) is 22.0 Å². The van der Waals surface area contributed by atoms with Crippen molar-refractivity contribution in [3.05, 3.63) is 70.0 Å². The molecular formula is C26H31N3O3. The average molecular weight is 434 g/mol. The number of aryl methyl sites for hydroxylation is 1. The maximum absolute atomic E-state index is 12.5. The van der Waals surface area contributed by atoms with Crippen LogP contribution in [0, 0.1) is 6.92 Å². The van der Waals surface area contributed by atoms with Crippen molar-refractivity contribution in [1.29, 1.82) is 0 Å². The lowest BCUT2D eigenvalue weighted by atomic mass is 10.0. The SMILES string of the molecule is Cc1cccc2c(=O)[nH]c(-c3ccc(CN4CC(N(C)C(=O)OC(C)(C)C)C4)cc3)cc12. The first kappa shape index (κ1) is 22.1. The molecule has 1 N–H and O–H groups in total. The maximum atomic E-state index is 12.5. The van der Waals surface area contributed by atoms with E-state index in [2.05, 4.69) is 34.1 Å². The molecule has 1 saturated heterocycles. The highest BCUT2D eigenvalue weighted by molar-refractivity contribution is 5.87. The molecule has 1 aliphatic heterocycles. The number of hydrogen-bond acceptors (Lipinski definition) is 4. The number of aromatic amines is 1. The topological polar surface area (TPSA) is 65.6 Å². The first-order chi connectivity index (χ1) is 15.1. The predicted octanol–water partition coefficient (Wildman–Crippen LogP) is 4.55. The molecule has 6 heteroatoms. The van der Waals surface area contributed by atoms with Gasteiger partial charge in [-0.3, -0.25) is 9.69 Å². The number of rotatable bonds is 4. The van der Waals surface area contributed by atoms with E-state index in [9.17, 15) is 9.59 Å². The van der Waals surface area contributed by atoms with Crippen LogP contribution in [0.3, 0.4) is 0 Å². The van der Waals surface area contributed by atoms with Crippen LogP contribution < -0.4 is 5.56 Å². The van der Waals surface area contributed by atoms with Crippen molar-refractivity contribution >= 4 is 16.9 Å². The Morgan fingerprint density at radius 3 is 2.47 bits per heavy atom. The fraction of sp³-hybridized carbons (Fsp3) is 0.385. The molecule has 1 amide bonds. The fourth-order valence-corrected chi connectivity index (χ4v) is 4.04. The third kappa shape index (κ3) is 4.70. The lowest BCUT2D eigenvalue weighted by Gasteiger charge is -2.44. The summed E-state index contributed by atoms with van der Waals surface area (Å²) in [7, 11) is 1.80. The lowest BCUT2D eigenvalue weighted by molar-refractivity contribution is -0.00573. The molecule has 1 aliphatic rings. The zero-order valence-electron chi connectivity index (χ0n) is 19.4. The normalized spacial score (nSPS) is 14.9. The number of benzene rings is 2. The molecule has 0 unspecified atom stereocenters. The van der Waals surface area contributed by atoms with Gasteiger partial charge in [0.1, 0.15) is 5.60 Å². The molecule has 2 aromatic carbocycles. The second-order valence-electron chi connectivity index (χ2n) is 9.68. The molecule has 168 valence electrons. The zero-order valence-corrected chi connectivity index (χ0v) is 19.4. The Hall–Kier alpha value is -3.12. The molecule has 0 aliphatic carbocycles. The number of nitrogens with one attached hydrogen (secondary N) is 1. The molecule has 6 nitrogen and oxygen atoms in total. The zero-order chi connectivity index (χ0) is 23.0. The van der Waals surface area contributed by atoms with Crippen LogP contribution in [0.5, 0.6) is 0 Å². The van der Waals surface area contributed by atoms with Crippen molar-refractivity contribution in [2.24, 2.45) is 0 Å². The first-order valence-corrected chi connectivity index (χ1v) is 11.0. The van der Waals surface area contributed by atoms with Gasteiger partial charge in [-0.2, -0.15) is 0 Å². The third-order valence-corrected chi connectivity index (χ3v) is 5.94. The number of carbonyl (C=O) groups excluding carboxylic acids is 1. The average Bonchev–Trinajstić information content (AvgIpc) is 2.70. The van der Waals surface area contributed by atoms with Crippen LogP contribution in [0.2, 0.25) is 0 Å². The van der Waals surface area contributed by atoms with Crippen LogP contribution >= 0.6 is 0 Å². The van der Waals surface area contributed by atoms with Gasteiger partial charge in [-0.1, -0.05) is 36.4 Å². The van der Waals surface area contributed by atoms with Crippen molar-refractivity contribution in [1.82, 2.24) is 14.8 Å². The summed E-state index contributed by atoms with van der Waals surface area (Å²) < 4.78 is 5.45. The number of likely N-dealkylation sites (N-methyl/N-ethyl adjacent to an activating group) is 1. The quantitative estimate of drug-likeness (QED) is 0.655. The minimum Gasteiger partial charge on any atom is -0.444 e. The maximum Gasteiger partial charge on any atom is 0.410 e. The van der Waals surface area contributed by atoms with Gasteiger partial charge in [-0.15, -0.1) is 0 Å². The number of hydrogen-bond donors (Lipinski definition) is 1. The van der Waals surface area contributed by atoms with Crippen LogP contribution in [0.15, 0.2) is 53.3 Å². The van der Waals surface area contributed by atoms with E-state index in [1.54, 1.807) is 11.9 Å². The number of pyridine rings is 1. The summed E-state index contributed by atoms with van der Waals surface area (Å²) in [6, 6.07) is 16.3. The van der Waals surface area contributed by atoms with Crippen molar-refractivity contribution in [2.75, 3.05) is 20.1 Å². The minimum atomic E-state index is -0.482. The Labute approximate surface area is 188 Å². The largest absolute Gasteiger partial charge is 0.444 e. The molecule has 4 rings (SSSR count). The predicted molar refractivity (Wildman–Crippen MR) is 128 cm³/mol. The number of carbonyl (C=O) groups is 1. The standard InChI is InChI=1S/C26H31N3O3/c1-17-7-6-8-21-22(17)13-23(27-24(21)30)19-11-9-18(10-12-19)14-29-15-20(16-29)28(5)25(31)32-26(2,3)4/h6-13,20H,14-16H2,1-5H3,(H,27,30). The highest BCUT2D eigenvalue weighted by Gasteiger charge is 2.34. The highest BCUT2D eigenvalue weighted by Crippen LogP contribution is 2.24. The van der Waals surface area contributed by atoms with Crippen molar-refractivity contribution < 1.29 is 9.53 Å². The van der Waals surface area contributed by atoms with E-state index in [1.807, 2.05) is 52.0 Å². The molecule has 3 aromatic rings. The summed E-state index contributed by atoms with van der Waals surface area (Å²) in [5.41, 5.74) is 3.56. The second kappa shape index (κ2) is 8.43. The highest BCUT2D eigenvalue weighted by atomic mass is 16.6. The number of ether oxygens (including phenoxy) is 1. The van der Waals surface area contributed by atoms with Gasteiger partial charge in [-0.25, -0.2) is 4.79 Å². The van der Waals surface area contributed by atoms with Crippen LogP contribution in [0.4, 0.5) is 4.79 Å². The Bertz CT molecular complexity index is 1190. The number of H-pyrrole nitrogens is 1. The fourth-order valence-electron chi connectivity index (χ4n) is 4.04. The molecule has 0 saturated carbocycles. The number of amides is 1. The minimum absolute atomic E-state index is 0.0639. The molecule has 0 bridgehead atoms. The van der Waals surface area contributed by atoms with E-state index in [4.69, 9.17) is 4.74 Å². The Balaban J connectivity index is 1.39. The summed E-state index contributed by atoms with van der Waals surface area (Å²) in [6.07, 6.45) is -0.272. The van der Waals surface area contributed by atoms with Gasteiger partial charge in [0.05, 0.1) is 6.04 Å². The van der Waals surface area contributed by atoms with Gasteiger partial charge in [0.25, 0.3) is 5.56 Å². The van der Waals surface area contributed by atoms with Crippen LogP contribution in [-0.4, -0.2) is 52.7 Å². The molecule has 0 spiro atoms. The monoisotopic (exact) mass is 433 g/mol. The summed E-state index contributed by atoms with van der Waals surface area (Å²) in [4.78, 5) is 31.7. The smallest absolute Gasteiger partial charge is 0.410 e. The summed E-state index contributed by atoms with van der Waals surface area (Å²) >= 11 is 0. The molecule has 0 atom stereocenters. The molecule has 0 radical (unpaired) electrons. The van der Waals surface area contributed by atoms with Gasteiger partial charge in [0, 0.05) is 37.8 Å². The summed E-state index contributed by atoms with van der Waals surface area (Å²) in [5.74, 6) is 0. The van der Waals surface area contributed by atoms with Crippen LogP contribution in [-0.2, 0) is 11.3 Å². The second-order valence-corrected chi connectivity index (χ2v) is 9.68. The molecule has 32 heavy (non-hydrogen) atoms. The number of aromatic nitrogens is 1. The van der Waals surface area contributed by atoms with E-state index >= 15 is 0 Å². The number of fused-ring (bicyclic) bond motifs is 1. The van der Waals surface area contributed by atoms with Gasteiger partial charge in [0.15, 0.2) is 0 Å². The Morgan fingerprint density at radius 1 is 1.12 bits per heavy atom. The van der Waals surface area contributed by atoms with E-state index in [0.29, 0.717) is 5.39 Å². The van der Waals surface area contributed by atoms with Crippen LogP contribution in [0.1, 0.15) is 31.9 Å². The van der Waals surface area contributed by atoms with E-state index in [0.717, 1.165) is 41.8 Å².